The van der Waals surface area contributed by atoms with E-state index in [-0.39, 0.29) is 5.78 Å². The SMILES string of the molecule is CCOC(OCC)C(=O)c1ccc(C)cc1C. The lowest BCUT2D eigenvalue weighted by Gasteiger charge is -2.16. The smallest absolute Gasteiger partial charge is 0.222 e. The van der Waals surface area contributed by atoms with Crippen LogP contribution in [-0.4, -0.2) is 25.3 Å². The summed E-state index contributed by atoms with van der Waals surface area (Å²) in [6, 6.07) is 5.75. The predicted molar refractivity (Wildman–Crippen MR) is 67.3 cm³/mol. The minimum Gasteiger partial charge on any atom is -0.346 e. The second-order valence-corrected chi connectivity index (χ2v) is 3.93. The van der Waals surface area contributed by atoms with Gasteiger partial charge in [0.25, 0.3) is 0 Å². The van der Waals surface area contributed by atoms with Gasteiger partial charge < -0.3 is 9.47 Å². The van der Waals surface area contributed by atoms with Gasteiger partial charge in [0.2, 0.25) is 12.1 Å². The molecule has 0 aromatic heterocycles. The van der Waals surface area contributed by atoms with Crippen LogP contribution in [0.3, 0.4) is 0 Å². The summed E-state index contributed by atoms with van der Waals surface area (Å²) in [5, 5.41) is 0. The molecule has 0 fully saturated rings. The third kappa shape index (κ3) is 3.65. The van der Waals surface area contributed by atoms with E-state index in [2.05, 4.69) is 0 Å². The molecule has 1 aromatic rings. The van der Waals surface area contributed by atoms with Crippen molar-refractivity contribution in [3.05, 3.63) is 34.9 Å². The van der Waals surface area contributed by atoms with Crippen molar-refractivity contribution in [3.8, 4) is 0 Å². The molecular weight excluding hydrogens is 216 g/mol. The highest BCUT2D eigenvalue weighted by Crippen LogP contribution is 2.14. The maximum atomic E-state index is 12.2. The van der Waals surface area contributed by atoms with Gasteiger partial charge in [0.05, 0.1) is 0 Å². The Morgan fingerprint density at radius 3 is 2.24 bits per heavy atom. The Morgan fingerprint density at radius 2 is 1.76 bits per heavy atom. The van der Waals surface area contributed by atoms with Crippen molar-refractivity contribution in [1.82, 2.24) is 0 Å². The maximum absolute atomic E-state index is 12.2. The number of carbonyl (C=O) groups is 1. The molecule has 3 heteroatoms. The van der Waals surface area contributed by atoms with Crippen molar-refractivity contribution in [3.63, 3.8) is 0 Å². The number of rotatable bonds is 6. The van der Waals surface area contributed by atoms with E-state index in [4.69, 9.17) is 9.47 Å². The van der Waals surface area contributed by atoms with E-state index >= 15 is 0 Å². The summed E-state index contributed by atoms with van der Waals surface area (Å²) in [7, 11) is 0. The highest BCUT2D eigenvalue weighted by atomic mass is 16.7. The second kappa shape index (κ2) is 6.52. The van der Waals surface area contributed by atoms with Gasteiger partial charge in [0.1, 0.15) is 0 Å². The lowest BCUT2D eigenvalue weighted by atomic mass is 10.0. The summed E-state index contributed by atoms with van der Waals surface area (Å²) in [6.07, 6.45) is -0.786. The van der Waals surface area contributed by atoms with Crippen molar-refractivity contribution in [2.75, 3.05) is 13.2 Å². The summed E-state index contributed by atoms with van der Waals surface area (Å²) in [5.74, 6) is -0.105. The third-order valence-electron chi connectivity index (χ3n) is 2.50. The highest BCUT2D eigenvalue weighted by molar-refractivity contribution is 5.99. The van der Waals surface area contributed by atoms with Crippen molar-refractivity contribution >= 4 is 5.78 Å². The van der Waals surface area contributed by atoms with Gasteiger partial charge in [0.15, 0.2) is 0 Å². The minimum absolute atomic E-state index is 0.105. The first-order valence-corrected chi connectivity index (χ1v) is 5.94. The molecule has 1 rings (SSSR count). The number of ether oxygens (including phenoxy) is 2. The van der Waals surface area contributed by atoms with Crippen LogP contribution in [0.15, 0.2) is 18.2 Å². The molecule has 0 bridgehead atoms. The Hall–Kier alpha value is -1.19. The van der Waals surface area contributed by atoms with Crippen molar-refractivity contribution in [2.45, 2.75) is 34.0 Å². The van der Waals surface area contributed by atoms with Gasteiger partial charge in [-0.2, -0.15) is 0 Å². The molecule has 0 saturated carbocycles. The van der Waals surface area contributed by atoms with Crippen molar-refractivity contribution < 1.29 is 14.3 Å². The minimum atomic E-state index is -0.786. The monoisotopic (exact) mass is 236 g/mol. The standard InChI is InChI=1S/C14H20O3/c1-5-16-14(17-6-2)13(15)12-8-7-10(3)9-11(12)4/h7-9,14H,5-6H2,1-4H3. The molecule has 0 aliphatic rings. The van der Waals surface area contributed by atoms with E-state index in [1.807, 2.05) is 45.9 Å². The number of carbonyl (C=O) groups excluding carboxylic acids is 1. The average Bonchev–Trinajstić information content (AvgIpc) is 2.28. The van der Waals surface area contributed by atoms with Crippen LogP contribution in [0.1, 0.15) is 35.3 Å². The third-order valence-corrected chi connectivity index (χ3v) is 2.50. The normalized spacial score (nSPS) is 10.9. The molecule has 0 N–H and O–H groups in total. The molecule has 0 unspecified atom stereocenters. The molecule has 0 atom stereocenters. The first kappa shape index (κ1) is 13.9. The molecular formula is C14H20O3. The largest absolute Gasteiger partial charge is 0.346 e. The summed E-state index contributed by atoms with van der Waals surface area (Å²) in [5.41, 5.74) is 2.77. The zero-order valence-corrected chi connectivity index (χ0v) is 10.9. The lowest BCUT2D eigenvalue weighted by Crippen LogP contribution is -2.28. The van der Waals surface area contributed by atoms with Crippen LogP contribution in [0.2, 0.25) is 0 Å². The fourth-order valence-electron chi connectivity index (χ4n) is 1.72. The van der Waals surface area contributed by atoms with Crippen LogP contribution < -0.4 is 0 Å². The summed E-state index contributed by atoms with van der Waals surface area (Å²) < 4.78 is 10.6. The Balaban J connectivity index is 2.92. The number of hydrogen-bond donors (Lipinski definition) is 0. The van der Waals surface area contributed by atoms with Crippen molar-refractivity contribution in [1.29, 1.82) is 0 Å². The van der Waals surface area contributed by atoms with E-state index < -0.39 is 6.29 Å². The van der Waals surface area contributed by atoms with Crippen LogP contribution in [0.25, 0.3) is 0 Å². The Bertz CT molecular complexity index is 379. The second-order valence-electron chi connectivity index (χ2n) is 3.93. The van der Waals surface area contributed by atoms with E-state index in [0.717, 1.165) is 11.1 Å². The number of aryl methyl sites for hydroxylation is 2. The zero-order chi connectivity index (χ0) is 12.8. The van der Waals surface area contributed by atoms with E-state index in [1.165, 1.54) is 0 Å². The van der Waals surface area contributed by atoms with Gasteiger partial charge in [-0.25, -0.2) is 0 Å². The number of ketones is 1. The highest BCUT2D eigenvalue weighted by Gasteiger charge is 2.21. The van der Waals surface area contributed by atoms with Crippen LogP contribution in [-0.2, 0) is 9.47 Å². The number of benzene rings is 1. The maximum Gasteiger partial charge on any atom is 0.222 e. The van der Waals surface area contributed by atoms with Gasteiger partial charge >= 0.3 is 0 Å². The van der Waals surface area contributed by atoms with Crippen LogP contribution >= 0.6 is 0 Å². The van der Waals surface area contributed by atoms with E-state index in [0.29, 0.717) is 18.8 Å². The van der Waals surface area contributed by atoms with Crippen LogP contribution in [0.5, 0.6) is 0 Å². The molecule has 1 aromatic carbocycles. The average molecular weight is 236 g/mol. The van der Waals surface area contributed by atoms with Gasteiger partial charge in [-0.15, -0.1) is 0 Å². The van der Waals surface area contributed by atoms with Gasteiger partial charge in [-0.3, -0.25) is 4.79 Å². The van der Waals surface area contributed by atoms with Gasteiger partial charge in [-0.05, 0) is 33.3 Å². The molecule has 3 nitrogen and oxygen atoms in total. The predicted octanol–water partition coefficient (Wildman–Crippen LogP) is 2.89. The molecule has 94 valence electrons. The summed E-state index contributed by atoms with van der Waals surface area (Å²) in [4.78, 5) is 12.2. The molecule has 0 amide bonds. The number of hydrogen-bond acceptors (Lipinski definition) is 3. The fourth-order valence-corrected chi connectivity index (χ4v) is 1.72. The molecule has 0 aliphatic carbocycles. The quantitative estimate of drug-likeness (QED) is 0.563. The molecule has 0 spiro atoms. The molecule has 0 heterocycles. The summed E-state index contributed by atoms with van der Waals surface area (Å²) >= 11 is 0. The molecule has 0 aliphatic heterocycles. The first-order chi connectivity index (χ1) is 8.10. The molecule has 0 saturated heterocycles. The number of Topliss-reactive ketones (excluding diaryl/α,β-unsaturated/α-hetero) is 1. The van der Waals surface area contributed by atoms with Crippen molar-refractivity contribution in [2.24, 2.45) is 0 Å². The zero-order valence-electron chi connectivity index (χ0n) is 10.9. The van der Waals surface area contributed by atoms with Crippen LogP contribution in [0.4, 0.5) is 0 Å². The molecule has 0 radical (unpaired) electrons. The Kier molecular flexibility index (Phi) is 5.32. The first-order valence-electron chi connectivity index (χ1n) is 5.94. The fraction of sp³-hybridized carbons (Fsp3) is 0.500. The van der Waals surface area contributed by atoms with E-state index in [9.17, 15) is 4.79 Å². The topological polar surface area (TPSA) is 35.5 Å². The van der Waals surface area contributed by atoms with Gasteiger partial charge in [0, 0.05) is 18.8 Å². The van der Waals surface area contributed by atoms with E-state index in [1.54, 1.807) is 0 Å². The van der Waals surface area contributed by atoms with Gasteiger partial charge in [-0.1, -0.05) is 23.8 Å². The Morgan fingerprint density at radius 1 is 1.18 bits per heavy atom. The lowest BCUT2D eigenvalue weighted by molar-refractivity contribution is -0.107. The Labute approximate surface area is 103 Å². The molecule has 17 heavy (non-hydrogen) atoms. The van der Waals surface area contributed by atoms with Crippen LogP contribution in [0, 0.1) is 13.8 Å². The summed E-state index contributed by atoms with van der Waals surface area (Å²) in [6.45, 7) is 8.55.